The molecule has 0 saturated heterocycles. The summed E-state index contributed by atoms with van der Waals surface area (Å²) in [5.41, 5.74) is 3.77. The molecule has 0 fully saturated rings. The molecule has 0 atom stereocenters. The molecule has 0 aliphatic carbocycles. The van der Waals surface area contributed by atoms with Gasteiger partial charge in [0, 0.05) is 34.6 Å². The Balaban J connectivity index is 1.69. The first-order chi connectivity index (χ1) is 10.8. The molecule has 6 heteroatoms. The van der Waals surface area contributed by atoms with E-state index in [1.807, 2.05) is 40.9 Å². The molecule has 0 bridgehead atoms. The second-order valence-electron chi connectivity index (χ2n) is 4.91. The number of hydrogen-bond donors (Lipinski definition) is 1. The Morgan fingerprint density at radius 3 is 2.86 bits per heavy atom. The Labute approximate surface area is 131 Å². The fourth-order valence-corrected chi connectivity index (χ4v) is 2.65. The third-order valence-electron chi connectivity index (χ3n) is 3.53. The second kappa shape index (κ2) is 5.27. The lowest BCUT2D eigenvalue weighted by Gasteiger charge is -2.10. The molecule has 5 nitrogen and oxygen atoms in total. The van der Waals surface area contributed by atoms with Crippen LogP contribution in [0.1, 0.15) is 5.69 Å². The maximum absolute atomic E-state index is 6.09. The van der Waals surface area contributed by atoms with Crippen LogP contribution in [0.5, 0.6) is 0 Å². The Kier molecular flexibility index (Phi) is 3.12. The molecule has 0 unspecified atom stereocenters. The molecule has 22 heavy (non-hydrogen) atoms. The van der Waals surface area contributed by atoms with Gasteiger partial charge in [0.15, 0.2) is 5.65 Å². The van der Waals surface area contributed by atoms with Crippen molar-refractivity contribution in [1.29, 1.82) is 0 Å². The summed E-state index contributed by atoms with van der Waals surface area (Å²) in [5.74, 6) is 0. The van der Waals surface area contributed by atoms with Crippen molar-refractivity contribution in [3.8, 4) is 0 Å². The number of fused-ring (bicyclic) bond motifs is 2. The highest BCUT2D eigenvalue weighted by molar-refractivity contribution is 6.31. The molecule has 0 radical (unpaired) electrons. The van der Waals surface area contributed by atoms with Crippen LogP contribution in [0.25, 0.3) is 16.6 Å². The molecule has 4 aromatic rings. The van der Waals surface area contributed by atoms with E-state index in [2.05, 4.69) is 20.4 Å². The zero-order valence-electron chi connectivity index (χ0n) is 11.6. The van der Waals surface area contributed by atoms with Gasteiger partial charge in [0.05, 0.1) is 24.0 Å². The van der Waals surface area contributed by atoms with E-state index in [9.17, 15) is 0 Å². The Morgan fingerprint density at radius 1 is 1.00 bits per heavy atom. The van der Waals surface area contributed by atoms with Crippen LogP contribution < -0.4 is 5.32 Å². The van der Waals surface area contributed by atoms with Gasteiger partial charge in [-0.05, 0) is 30.3 Å². The second-order valence-corrected chi connectivity index (χ2v) is 5.35. The molecule has 1 aromatic carbocycles. The summed E-state index contributed by atoms with van der Waals surface area (Å²) in [6.45, 7) is 0.631. The van der Waals surface area contributed by atoms with Crippen molar-refractivity contribution in [2.24, 2.45) is 0 Å². The van der Waals surface area contributed by atoms with Gasteiger partial charge in [-0.25, -0.2) is 9.50 Å². The third-order valence-corrected chi connectivity index (χ3v) is 3.77. The van der Waals surface area contributed by atoms with Gasteiger partial charge in [-0.3, -0.25) is 4.98 Å². The summed E-state index contributed by atoms with van der Waals surface area (Å²) >= 11 is 6.09. The number of anilines is 1. The topological polar surface area (TPSA) is 55.1 Å². The monoisotopic (exact) mass is 309 g/mol. The van der Waals surface area contributed by atoms with Gasteiger partial charge in [0.2, 0.25) is 0 Å². The van der Waals surface area contributed by atoms with Gasteiger partial charge in [0.1, 0.15) is 0 Å². The van der Waals surface area contributed by atoms with E-state index < -0.39 is 0 Å². The Hall–Kier alpha value is -2.66. The van der Waals surface area contributed by atoms with E-state index in [0.717, 1.165) is 27.9 Å². The molecule has 0 amide bonds. The number of nitrogens with zero attached hydrogens (tertiary/aromatic N) is 4. The fraction of sp³-hybridized carbons (Fsp3) is 0.0625. The van der Waals surface area contributed by atoms with Crippen LogP contribution in [0.3, 0.4) is 0 Å². The van der Waals surface area contributed by atoms with Gasteiger partial charge in [-0.2, -0.15) is 5.10 Å². The zero-order chi connectivity index (χ0) is 14.9. The zero-order valence-corrected chi connectivity index (χ0v) is 12.3. The molecule has 108 valence electrons. The number of nitrogens with one attached hydrogen (secondary N) is 1. The molecule has 4 rings (SSSR count). The van der Waals surface area contributed by atoms with Crippen LogP contribution in [-0.2, 0) is 6.54 Å². The molecule has 1 N–H and O–H groups in total. The maximum Gasteiger partial charge on any atom is 0.155 e. The van der Waals surface area contributed by atoms with Crippen LogP contribution in [-0.4, -0.2) is 19.6 Å². The molecular formula is C16H12ClN5. The van der Waals surface area contributed by atoms with Gasteiger partial charge in [0.25, 0.3) is 0 Å². The summed E-state index contributed by atoms with van der Waals surface area (Å²) in [4.78, 5) is 8.62. The van der Waals surface area contributed by atoms with E-state index >= 15 is 0 Å². The van der Waals surface area contributed by atoms with Crippen molar-refractivity contribution < 1.29 is 0 Å². The van der Waals surface area contributed by atoms with Crippen molar-refractivity contribution >= 4 is 33.8 Å². The highest BCUT2D eigenvalue weighted by Crippen LogP contribution is 2.25. The first-order valence-electron chi connectivity index (χ1n) is 6.87. The molecule has 0 aliphatic heterocycles. The smallest absolute Gasteiger partial charge is 0.155 e. The van der Waals surface area contributed by atoms with Crippen molar-refractivity contribution in [3.05, 3.63) is 65.7 Å². The molecular weight excluding hydrogens is 298 g/mol. The highest BCUT2D eigenvalue weighted by Gasteiger charge is 2.05. The number of hydrogen-bond acceptors (Lipinski definition) is 4. The molecule has 3 aromatic heterocycles. The van der Waals surface area contributed by atoms with Crippen molar-refractivity contribution in [1.82, 2.24) is 19.6 Å². The molecule has 0 spiro atoms. The molecule has 0 saturated carbocycles. The van der Waals surface area contributed by atoms with Crippen LogP contribution >= 0.6 is 11.6 Å². The number of benzene rings is 1. The molecule has 3 heterocycles. The average molecular weight is 310 g/mol. The summed E-state index contributed by atoms with van der Waals surface area (Å²) in [6, 6.07) is 11.5. The largest absolute Gasteiger partial charge is 0.379 e. The van der Waals surface area contributed by atoms with Gasteiger partial charge in [-0.1, -0.05) is 11.6 Å². The van der Waals surface area contributed by atoms with E-state index in [4.69, 9.17) is 11.6 Å². The van der Waals surface area contributed by atoms with E-state index in [1.165, 1.54) is 0 Å². The SMILES string of the molecule is Clc1ccc2nccc(NCc3ccnc4ccnn34)c2c1. The number of pyridine rings is 1. The minimum absolute atomic E-state index is 0.631. The predicted octanol–water partition coefficient (Wildman–Crippen LogP) is 3.54. The average Bonchev–Trinajstić information content (AvgIpc) is 3.02. The maximum atomic E-state index is 6.09. The van der Waals surface area contributed by atoms with Crippen molar-refractivity contribution in [2.45, 2.75) is 6.54 Å². The summed E-state index contributed by atoms with van der Waals surface area (Å²) in [5, 5.41) is 9.41. The summed E-state index contributed by atoms with van der Waals surface area (Å²) in [7, 11) is 0. The van der Waals surface area contributed by atoms with Crippen LogP contribution in [0.4, 0.5) is 5.69 Å². The Bertz CT molecular complexity index is 963. The van der Waals surface area contributed by atoms with Gasteiger partial charge in [-0.15, -0.1) is 0 Å². The van der Waals surface area contributed by atoms with Crippen LogP contribution in [0, 0.1) is 0 Å². The van der Waals surface area contributed by atoms with E-state index in [0.29, 0.717) is 11.6 Å². The molecule has 0 aliphatic rings. The minimum Gasteiger partial charge on any atom is -0.379 e. The first-order valence-corrected chi connectivity index (χ1v) is 7.25. The van der Waals surface area contributed by atoms with Crippen molar-refractivity contribution in [2.75, 3.05) is 5.32 Å². The number of aromatic nitrogens is 4. The minimum atomic E-state index is 0.631. The number of rotatable bonds is 3. The van der Waals surface area contributed by atoms with E-state index in [1.54, 1.807) is 18.6 Å². The lowest BCUT2D eigenvalue weighted by molar-refractivity contribution is 0.854. The van der Waals surface area contributed by atoms with Crippen LogP contribution in [0.15, 0.2) is 55.0 Å². The highest BCUT2D eigenvalue weighted by atomic mass is 35.5. The lowest BCUT2D eigenvalue weighted by Crippen LogP contribution is -2.06. The quantitative estimate of drug-likeness (QED) is 0.629. The van der Waals surface area contributed by atoms with Crippen LogP contribution in [0.2, 0.25) is 5.02 Å². The normalized spacial score (nSPS) is 11.1. The lowest BCUT2D eigenvalue weighted by atomic mass is 10.2. The predicted molar refractivity (Wildman–Crippen MR) is 87.1 cm³/mol. The number of halogens is 1. The summed E-state index contributed by atoms with van der Waals surface area (Å²) < 4.78 is 1.82. The van der Waals surface area contributed by atoms with Gasteiger partial charge < -0.3 is 5.32 Å². The van der Waals surface area contributed by atoms with E-state index in [-0.39, 0.29) is 0 Å². The fourth-order valence-electron chi connectivity index (χ4n) is 2.48. The first kappa shape index (κ1) is 13.0. The third kappa shape index (κ3) is 2.25. The van der Waals surface area contributed by atoms with Crippen molar-refractivity contribution in [3.63, 3.8) is 0 Å². The van der Waals surface area contributed by atoms with Gasteiger partial charge >= 0.3 is 0 Å². The Morgan fingerprint density at radius 2 is 1.91 bits per heavy atom. The standard InChI is InChI=1S/C16H12ClN5/c17-11-1-2-14-13(9-11)15(4-7-18-14)20-10-12-3-6-19-16-5-8-21-22(12)16/h1-9H,10H2,(H,18,20). The summed E-state index contributed by atoms with van der Waals surface area (Å²) in [6.07, 6.45) is 5.32.